The second-order valence-electron chi connectivity index (χ2n) is 6.97. The number of halogens is 1. The highest BCUT2D eigenvalue weighted by Gasteiger charge is 2.16. The second-order valence-corrected chi connectivity index (χ2v) is 6.97. The van der Waals surface area contributed by atoms with E-state index >= 15 is 0 Å². The topological polar surface area (TPSA) is 84.1 Å². The van der Waals surface area contributed by atoms with Gasteiger partial charge in [0.05, 0.1) is 19.9 Å². The van der Waals surface area contributed by atoms with Gasteiger partial charge in [0.2, 0.25) is 5.75 Å². The molecule has 0 bridgehead atoms. The van der Waals surface area contributed by atoms with E-state index in [0.29, 0.717) is 30.5 Å². The van der Waals surface area contributed by atoms with E-state index in [0.717, 1.165) is 17.2 Å². The Hall–Kier alpha value is -2.17. The molecule has 0 amide bonds. The maximum atomic E-state index is 10.1. The number of rotatable bonds is 7. The molecule has 162 valence electrons. The Balaban J connectivity index is 0.00000420. The molecule has 0 spiro atoms. The van der Waals surface area contributed by atoms with Crippen LogP contribution in [0, 0.1) is 0 Å². The lowest BCUT2D eigenvalue weighted by Gasteiger charge is -2.22. The summed E-state index contributed by atoms with van der Waals surface area (Å²) in [5.41, 5.74) is 3.18. The van der Waals surface area contributed by atoms with E-state index in [2.05, 4.69) is 40.4 Å². The Kier molecular flexibility index (Phi) is 9.54. The van der Waals surface area contributed by atoms with E-state index in [9.17, 15) is 5.11 Å². The van der Waals surface area contributed by atoms with Gasteiger partial charge in [0, 0.05) is 46.0 Å². The first kappa shape index (κ1) is 24.9. The number of hydrogen-bond donors (Lipinski definition) is 2. The Bertz CT molecular complexity index is 811. The van der Waals surface area contributed by atoms with Gasteiger partial charge in [-0.2, -0.15) is 5.10 Å². The zero-order valence-electron chi connectivity index (χ0n) is 18.2. The first-order chi connectivity index (χ1) is 13.3. The van der Waals surface area contributed by atoms with Gasteiger partial charge in [0.15, 0.2) is 17.5 Å². The number of ether oxygens (including phenoxy) is 2. The molecule has 0 saturated carbocycles. The summed E-state index contributed by atoms with van der Waals surface area (Å²) >= 11 is 0. The Morgan fingerprint density at radius 3 is 2.34 bits per heavy atom. The van der Waals surface area contributed by atoms with Crippen LogP contribution in [0.3, 0.4) is 0 Å². The van der Waals surface area contributed by atoms with Crippen molar-refractivity contribution in [3.05, 3.63) is 35.2 Å². The minimum Gasteiger partial charge on any atom is -0.502 e. The molecular formula is C20H32IN5O3. The van der Waals surface area contributed by atoms with Gasteiger partial charge in [-0.1, -0.05) is 13.8 Å². The first-order valence-corrected chi connectivity index (χ1v) is 9.18. The number of phenolic OH excluding ortho intramolecular Hbond substituents is 1. The standard InChI is InChI=1S/C20H31N5O3.HI/c1-13(2)18-15(12-25(5)23-18)11-24(4)20(21-3)22-10-14-8-16(27-6)19(26)17(9-14)28-7;/h8-9,12-13,26H,10-11H2,1-7H3,(H,21,22);1H. The molecule has 2 rings (SSSR count). The summed E-state index contributed by atoms with van der Waals surface area (Å²) < 4.78 is 12.3. The number of benzene rings is 1. The number of methoxy groups -OCH3 is 2. The molecule has 0 saturated heterocycles. The minimum atomic E-state index is -0.00644. The highest BCUT2D eigenvalue weighted by molar-refractivity contribution is 14.0. The normalized spacial score (nSPS) is 11.2. The molecule has 0 aliphatic rings. The number of aliphatic imine (C=N–C) groups is 1. The van der Waals surface area contributed by atoms with Gasteiger partial charge in [0.25, 0.3) is 0 Å². The smallest absolute Gasteiger partial charge is 0.200 e. The van der Waals surface area contributed by atoms with E-state index < -0.39 is 0 Å². The SMILES string of the molecule is CN=C(NCc1cc(OC)c(O)c(OC)c1)N(C)Cc1cn(C)nc1C(C)C.I. The zero-order valence-corrected chi connectivity index (χ0v) is 20.5. The van der Waals surface area contributed by atoms with E-state index in [1.54, 1.807) is 19.2 Å². The molecule has 0 aliphatic heterocycles. The third-order valence-electron chi connectivity index (χ3n) is 4.46. The summed E-state index contributed by atoms with van der Waals surface area (Å²) in [6, 6.07) is 3.55. The Morgan fingerprint density at radius 2 is 1.86 bits per heavy atom. The fraction of sp³-hybridized carbons (Fsp3) is 0.500. The molecule has 0 fully saturated rings. The van der Waals surface area contributed by atoms with Gasteiger partial charge < -0.3 is 24.8 Å². The Morgan fingerprint density at radius 1 is 1.28 bits per heavy atom. The summed E-state index contributed by atoms with van der Waals surface area (Å²) in [5, 5.41) is 18.0. The summed E-state index contributed by atoms with van der Waals surface area (Å²) in [6.07, 6.45) is 2.05. The van der Waals surface area contributed by atoms with Crippen molar-refractivity contribution in [1.29, 1.82) is 0 Å². The molecule has 9 heteroatoms. The average Bonchev–Trinajstić information content (AvgIpc) is 3.03. The maximum Gasteiger partial charge on any atom is 0.200 e. The minimum absolute atomic E-state index is 0. The molecule has 29 heavy (non-hydrogen) atoms. The van der Waals surface area contributed by atoms with Crippen molar-refractivity contribution < 1.29 is 14.6 Å². The van der Waals surface area contributed by atoms with Crippen LogP contribution < -0.4 is 14.8 Å². The van der Waals surface area contributed by atoms with E-state index in [1.165, 1.54) is 19.8 Å². The predicted octanol–water partition coefficient (Wildman–Crippen LogP) is 3.09. The number of aromatic nitrogens is 2. The summed E-state index contributed by atoms with van der Waals surface area (Å²) in [7, 11) is 8.71. The number of nitrogens with one attached hydrogen (secondary N) is 1. The number of phenols is 1. The van der Waals surface area contributed by atoms with Crippen molar-refractivity contribution in [2.45, 2.75) is 32.9 Å². The van der Waals surface area contributed by atoms with Gasteiger partial charge in [-0.05, 0) is 23.6 Å². The van der Waals surface area contributed by atoms with Gasteiger partial charge in [0.1, 0.15) is 0 Å². The predicted molar refractivity (Wildman–Crippen MR) is 126 cm³/mol. The van der Waals surface area contributed by atoms with Crippen molar-refractivity contribution in [3.63, 3.8) is 0 Å². The molecule has 0 atom stereocenters. The van der Waals surface area contributed by atoms with Crippen molar-refractivity contribution in [3.8, 4) is 17.2 Å². The van der Waals surface area contributed by atoms with Crippen LogP contribution in [-0.4, -0.2) is 54.1 Å². The van der Waals surface area contributed by atoms with E-state index in [-0.39, 0.29) is 29.7 Å². The summed E-state index contributed by atoms with van der Waals surface area (Å²) in [6.45, 7) is 5.49. The van der Waals surface area contributed by atoms with Gasteiger partial charge in [-0.25, -0.2) is 0 Å². The molecule has 8 nitrogen and oxygen atoms in total. The molecule has 1 aromatic carbocycles. The lowest BCUT2D eigenvalue weighted by molar-refractivity contribution is 0.339. The van der Waals surface area contributed by atoms with Crippen molar-refractivity contribution in [2.24, 2.45) is 12.0 Å². The quantitative estimate of drug-likeness (QED) is 0.334. The zero-order chi connectivity index (χ0) is 20.8. The molecular weight excluding hydrogens is 485 g/mol. The lowest BCUT2D eigenvalue weighted by Crippen LogP contribution is -2.38. The lowest BCUT2D eigenvalue weighted by atomic mass is 10.1. The maximum absolute atomic E-state index is 10.1. The monoisotopic (exact) mass is 517 g/mol. The number of aryl methyl sites for hydroxylation is 1. The fourth-order valence-electron chi connectivity index (χ4n) is 3.11. The fourth-order valence-corrected chi connectivity index (χ4v) is 3.11. The van der Waals surface area contributed by atoms with E-state index in [4.69, 9.17) is 9.47 Å². The van der Waals surface area contributed by atoms with Crippen LogP contribution in [0.4, 0.5) is 0 Å². The average molecular weight is 517 g/mol. The molecule has 0 aliphatic carbocycles. The molecule has 1 aromatic heterocycles. The highest BCUT2D eigenvalue weighted by Crippen LogP contribution is 2.37. The number of aromatic hydroxyl groups is 1. The van der Waals surface area contributed by atoms with Crippen LogP contribution in [0.5, 0.6) is 17.2 Å². The molecule has 1 heterocycles. The highest BCUT2D eigenvalue weighted by atomic mass is 127. The largest absolute Gasteiger partial charge is 0.502 e. The number of nitrogens with zero attached hydrogens (tertiary/aromatic N) is 4. The van der Waals surface area contributed by atoms with Crippen molar-refractivity contribution >= 4 is 29.9 Å². The van der Waals surface area contributed by atoms with Crippen molar-refractivity contribution in [2.75, 3.05) is 28.3 Å². The molecule has 2 N–H and O–H groups in total. The molecule has 0 radical (unpaired) electrons. The third kappa shape index (κ3) is 6.15. The third-order valence-corrected chi connectivity index (χ3v) is 4.46. The van der Waals surface area contributed by atoms with Crippen LogP contribution in [0.25, 0.3) is 0 Å². The van der Waals surface area contributed by atoms with Crippen LogP contribution in [0.15, 0.2) is 23.3 Å². The van der Waals surface area contributed by atoms with Gasteiger partial charge in [-0.15, -0.1) is 24.0 Å². The molecule has 2 aromatic rings. The summed E-state index contributed by atoms with van der Waals surface area (Å²) in [4.78, 5) is 6.43. The van der Waals surface area contributed by atoms with E-state index in [1.807, 2.05) is 18.8 Å². The van der Waals surface area contributed by atoms with Crippen LogP contribution in [0.2, 0.25) is 0 Å². The van der Waals surface area contributed by atoms with Gasteiger partial charge in [-0.3, -0.25) is 9.67 Å². The second kappa shape index (κ2) is 11.1. The van der Waals surface area contributed by atoms with Crippen LogP contribution >= 0.6 is 24.0 Å². The summed E-state index contributed by atoms with van der Waals surface area (Å²) in [5.74, 6) is 1.85. The van der Waals surface area contributed by atoms with Crippen LogP contribution in [0.1, 0.15) is 36.6 Å². The number of hydrogen-bond acceptors (Lipinski definition) is 5. The first-order valence-electron chi connectivity index (χ1n) is 9.18. The molecule has 0 unspecified atom stereocenters. The van der Waals surface area contributed by atoms with Crippen LogP contribution in [-0.2, 0) is 20.1 Å². The van der Waals surface area contributed by atoms with Gasteiger partial charge >= 0.3 is 0 Å². The Labute approximate surface area is 189 Å². The van der Waals surface area contributed by atoms with Crippen molar-refractivity contribution in [1.82, 2.24) is 20.0 Å². The number of guanidine groups is 1.